The van der Waals surface area contributed by atoms with E-state index < -0.39 is 29.8 Å². The molecule has 2 atom stereocenters. The number of imide groups is 2. The lowest BCUT2D eigenvalue weighted by atomic mass is 9.97. The van der Waals surface area contributed by atoms with Crippen LogP contribution in [0.3, 0.4) is 0 Å². The summed E-state index contributed by atoms with van der Waals surface area (Å²) < 4.78 is 0.873. The van der Waals surface area contributed by atoms with Crippen molar-refractivity contribution < 1.29 is 14.4 Å². The highest BCUT2D eigenvalue weighted by Gasteiger charge is 2.42. The number of nitrogens with zero attached hydrogens (tertiary/aromatic N) is 1. The molecule has 5 nitrogen and oxygen atoms in total. The molecule has 1 aliphatic rings. The molecular formula is C15H17BrN2O3. The minimum absolute atomic E-state index is 0.418. The van der Waals surface area contributed by atoms with E-state index in [1.54, 1.807) is 6.92 Å². The first-order valence-corrected chi connectivity index (χ1v) is 7.68. The zero-order valence-electron chi connectivity index (χ0n) is 11.9. The van der Waals surface area contributed by atoms with Gasteiger partial charge in [0.2, 0.25) is 11.8 Å². The number of barbiturate groups is 1. The molecule has 1 aliphatic heterocycles. The normalized spacial score (nSPS) is 20.4. The zero-order chi connectivity index (χ0) is 15.6. The third-order valence-corrected chi connectivity index (χ3v) is 4.09. The molecule has 6 heteroatoms. The Morgan fingerprint density at radius 1 is 1.33 bits per heavy atom. The van der Waals surface area contributed by atoms with Gasteiger partial charge >= 0.3 is 6.03 Å². The molecule has 0 bridgehead atoms. The van der Waals surface area contributed by atoms with E-state index in [1.807, 2.05) is 31.2 Å². The Morgan fingerprint density at radius 2 is 2.05 bits per heavy atom. The second-order valence-corrected chi connectivity index (χ2v) is 5.99. The molecular weight excluding hydrogens is 336 g/mol. The molecule has 2 rings (SSSR count). The first kappa shape index (κ1) is 15.7. The minimum atomic E-state index is -0.776. The summed E-state index contributed by atoms with van der Waals surface area (Å²) in [5.74, 6) is -1.69. The minimum Gasteiger partial charge on any atom is -0.277 e. The summed E-state index contributed by atoms with van der Waals surface area (Å²) in [6.45, 7) is 3.68. The van der Waals surface area contributed by atoms with Gasteiger partial charge in [-0.05, 0) is 31.0 Å². The molecule has 0 spiro atoms. The molecule has 112 valence electrons. The van der Waals surface area contributed by atoms with Gasteiger partial charge in [0.25, 0.3) is 0 Å². The van der Waals surface area contributed by atoms with Crippen molar-refractivity contribution in [2.45, 2.75) is 32.7 Å². The molecule has 21 heavy (non-hydrogen) atoms. The van der Waals surface area contributed by atoms with Gasteiger partial charge in [-0.15, -0.1) is 0 Å². The van der Waals surface area contributed by atoms with Crippen LogP contribution in [0.1, 0.15) is 38.3 Å². The fourth-order valence-electron chi connectivity index (χ4n) is 2.46. The van der Waals surface area contributed by atoms with Gasteiger partial charge in [0.1, 0.15) is 5.92 Å². The number of hydrogen-bond acceptors (Lipinski definition) is 3. The van der Waals surface area contributed by atoms with Crippen LogP contribution in [0.25, 0.3) is 0 Å². The Kier molecular flexibility index (Phi) is 4.77. The van der Waals surface area contributed by atoms with E-state index in [0.717, 1.165) is 14.9 Å². The quantitative estimate of drug-likeness (QED) is 0.847. The van der Waals surface area contributed by atoms with E-state index in [0.29, 0.717) is 12.8 Å². The largest absolute Gasteiger partial charge is 0.331 e. The highest BCUT2D eigenvalue weighted by Crippen LogP contribution is 2.27. The monoisotopic (exact) mass is 352 g/mol. The van der Waals surface area contributed by atoms with Crippen LogP contribution < -0.4 is 5.32 Å². The van der Waals surface area contributed by atoms with Gasteiger partial charge in [0.05, 0.1) is 6.04 Å². The second-order valence-electron chi connectivity index (χ2n) is 5.07. The van der Waals surface area contributed by atoms with Crippen LogP contribution in [0.5, 0.6) is 0 Å². The lowest BCUT2D eigenvalue weighted by Gasteiger charge is -2.34. The van der Waals surface area contributed by atoms with Crippen LogP contribution in [0.4, 0.5) is 4.79 Å². The molecule has 4 amide bonds. The van der Waals surface area contributed by atoms with Gasteiger partial charge in [0.15, 0.2) is 0 Å². The topological polar surface area (TPSA) is 66.5 Å². The number of carbonyl (C=O) groups excluding carboxylic acids is 3. The molecule has 1 N–H and O–H groups in total. The van der Waals surface area contributed by atoms with Gasteiger partial charge in [-0.1, -0.05) is 41.4 Å². The Hall–Kier alpha value is -1.69. The maximum atomic E-state index is 12.5. The summed E-state index contributed by atoms with van der Waals surface area (Å²) in [5, 5.41) is 2.28. The Labute approximate surface area is 131 Å². The Morgan fingerprint density at radius 3 is 2.67 bits per heavy atom. The van der Waals surface area contributed by atoms with E-state index in [-0.39, 0.29) is 0 Å². The van der Waals surface area contributed by atoms with E-state index in [9.17, 15) is 14.4 Å². The van der Waals surface area contributed by atoms with Crippen LogP contribution in [0.15, 0.2) is 28.7 Å². The number of benzene rings is 1. The number of halogens is 1. The molecule has 0 saturated carbocycles. The molecule has 1 fully saturated rings. The highest BCUT2D eigenvalue weighted by atomic mass is 79.9. The van der Waals surface area contributed by atoms with Crippen molar-refractivity contribution in [3.05, 3.63) is 34.3 Å². The summed E-state index contributed by atoms with van der Waals surface area (Å²) >= 11 is 3.37. The van der Waals surface area contributed by atoms with Crippen molar-refractivity contribution in [1.29, 1.82) is 0 Å². The molecule has 1 heterocycles. The van der Waals surface area contributed by atoms with Crippen LogP contribution in [-0.2, 0) is 9.59 Å². The van der Waals surface area contributed by atoms with Crippen molar-refractivity contribution in [3.63, 3.8) is 0 Å². The standard InChI is InChI=1S/C15H17BrN2O3/c1-3-5-12-13(19)17-15(21)18(14(12)20)9(2)10-6-4-7-11(16)8-10/h4,6-9,12H,3,5H2,1-2H3,(H,17,19,21). The average molecular weight is 353 g/mol. The molecule has 2 unspecified atom stereocenters. The summed E-state index contributed by atoms with van der Waals surface area (Å²) in [6, 6.07) is 6.35. The first-order chi connectivity index (χ1) is 9.95. The van der Waals surface area contributed by atoms with Crippen molar-refractivity contribution in [2.75, 3.05) is 0 Å². The summed E-state index contributed by atoms with van der Waals surface area (Å²) in [4.78, 5) is 37.4. The maximum absolute atomic E-state index is 12.5. The third kappa shape index (κ3) is 3.15. The van der Waals surface area contributed by atoms with E-state index in [1.165, 1.54) is 0 Å². The van der Waals surface area contributed by atoms with Crippen molar-refractivity contribution in [2.24, 2.45) is 5.92 Å². The smallest absolute Gasteiger partial charge is 0.277 e. The average Bonchev–Trinajstić information content (AvgIpc) is 2.43. The van der Waals surface area contributed by atoms with Crippen molar-refractivity contribution >= 4 is 33.8 Å². The third-order valence-electron chi connectivity index (χ3n) is 3.60. The zero-order valence-corrected chi connectivity index (χ0v) is 13.5. The summed E-state index contributed by atoms with van der Waals surface area (Å²) in [7, 11) is 0. The van der Waals surface area contributed by atoms with Gasteiger partial charge in [-0.2, -0.15) is 0 Å². The number of amides is 4. The molecule has 1 saturated heterocycles. The number of hydrogen-bond donors (Lipinski definition) is 1. The Balaban J connectivity index is 2.30. The van der Waals surface area contributed by atoms with Gasteiger partial charge in [-0.3, -0.25) is 19.8 Å². The van der Waals surface area contributed by atoms with Crippen LogP contribution in [0, 0.1) is 5.92 Å². The number of rotatable bonds is 4. The predicted molar refractivity (Wildman–Crippen MR) is 81.3 cm³/mol. The summed E-state index contributed by atoms with van der Waals surface area (Å²) in [5.41, 5.74) is 0.831. The van der Waals surface area contributed by atoms with Crippen LogP contribution >= 0.6 is 15.9 Å². The predicted octanol–water partition coefficient (Wildman–Crippen LogP) is 3.00. The summed E-state index contributed by atoms with van der Waals surface area (Å²) in [6.07, 6.45) is 1.15. The Bertz CT molecular complexity index is 588. The van der Waals surface area contributed by atoms with E-state index in [2.05, 4.69) is 21.2 Å². The lowest BCUT2D eigenvalue weighted by molar-refractivity contribution is -0.144. The fraction of sp³-hybridized carbons (Fsp3) is 0.400. The van der Waals surface area contributed by atoms with Crippen molar-refractivity contribution in [1.82, 2.24) is 10.2 Å². The lowest BCUT2D eigenvalue weighted by Crippen LogP contribution is -2.58. The maximum Gasteiger partial charge on any atom is 0.331 e. The van der Waals surface area contributed by atoms with E-state index in [4.69, 9.17) is 0 Å². The SMILES string of the molecule is CCCC1C(=O)NC(=O)N(C(C)c2cccc(Br)c2)C1=O. The van der Waals surface area contributed by atoms with Gasteiger partial charge in [0, 0.05) is 4.47 Å². The van der Waals surface area contributed by atoms with Crippen LogP contribution in [0.2, 0.25) is 0 Å². The van der Waals surface area contributed by atoms with Gasteiger partial charge in [-0.25, -0.2) is 4.79 Å². The van der Waals surface area contributed by atoms with Gasteiger partial charge < -0.3 is 0 Å². The van der Waals surface area contributed by atoms with Crippen LogP contribution in [-0.4, -0.2) is 22.7 Å². The van der Waals surface area contributed by atoms with Crippen molar-refractivity contribution in [3.8, 4) is 0 Å². The molecule has 0 aliphatic carbocycles. The molecule has 1 aromatic carbocycles. The number of nitrogens with one attached hydrogen (secondary N) is 1. The van der Waals surface area contributed by atoms with E-state index >= 15 is 0 Å². The first-order valence-electron chi connectivity index (χ1n) is 6.89. The molecule has 0 radical (unpaired) electrons. The number of carbonyl (C=O) groups is 3. The second kappa shape index (κ2) is 6.39. The highest BCUT2D eigenvalue weighted by molar-refractivity contribution is 9.10. The molecule has 1 aromatic rings. The number of urea groups is 1. The molecule has 0 aromatic heterocycles. The fourth-order valence-corrected chi connectivity index (χ4v) is 2.88.